The molecule has 6 nitrogen and oxygen atoms in total. The maximum atomic E-state index is 12.4. The average molecular weight is 371 g/mol. The monoisotopic (exact) mass is 371 g/mol. The van der Waals surface area contributed by atoms with Crippen molar-refractivity contribution in [3.63, 3.8) is 0 Å². The number of anilines is 1. The van der Waals surface area contributed by atoms with Gasteiger partial charge in [-0.3, -0.25) is 9.48 Å². The molecule has 1 aromatic carbocycles. The smallest absolute Gasteiger partial charge is 0.348 e. The number of hydrogen-bond donors (Lipinski definition) is 1. The highest BCUT2D eigenvalue weighted by atomic mass is 32.1. The second kappa shape index (κ2) is 7.29. The van der Waals surface area contributed by atoms with Crippen molar-refractivity contribution in [3.05, 3.63) is 46.1 Å². The molecule has 1 amide bonds. The lowest BCUT2D eigenvalue weighted by Gasteiger charge is -2.06. The summed E-state index contributed by atoms with van der Waals surface area (Å²) in [6.07, 6.45) is 0.279. The van der Waals surface area contributed by atoms with Gasteiger partial charge in [0.2, 0.25) is 5.91 Å². The summed E-state index contributed by atoms with van der Waals surface area (Å²) in [6.45, 7) is 5.99. The van der Waals surface area contributed by atoms with E-state index in [0.29, 0.717) is 17.2 Å². The summed E-state index contributed by atoms with van der Waals surface area (Å²) < 4.78 is 7.80. The Balaban J connectivity index is 1.76. The fourth-order valence-corrected chi connectivity index (χ4v) is 3.80. The van der Waals surface area contributed by atoms with Crippen LogP contribution in [0, 0.1) is 13.8 Å². The average Bonchev–Trinajstić information content (AvgIpc) is 3.11. The zero-order chi connectivity index (χ0) is 18.8. The van der Waals surface area contributed by atoms with E-state index >= 15 is 0 Å². The summed E-state index contributed by atoms with van der Waals surface area (Å²) in [5.41, 5.74) is 3.51. The van der Waals surface area contributed by atoms with E-state index in [4.69, 9.17) is 4.74 Å². The van der Waals surface area contributed by atoms with E-state index in [9.17, 15) is 9.59 Å². The first-order valence-electron chi connectivity index (χ1n) is 8.38. The number of nitrogens with zero attached hydrogens (tertiary/aromatic N) is 2. The first-order chi connectivity index (χ1) is 12.4. The van der Waals surface area contributed by atoms with Crippen LogP contribution in [0.5, 0.6) is 0 Å². The maximum Gasteiger partial charge on any atom is 0.348 e. The van der Waals surface area contributed by atoms with Crippen molar-refractivity contribution in [2.45, 2.75) is 27.2 Å². The minimum absolute atomic E-state index is 0.0932. The van der Waals surface area contributed by atoms with Gasteiger partial charge in [0.1, 0.15) is 4.88 Å². The minimum Gasteiger partial charge on any atom is -0.462 e. The molecule has 2 aromatic heterocycles. The van der Waals surface area contributed by atoms with Gasteiger partial charge in [0, 0.05) is 28.7 Å². The number of hydrogen-bond acceptors (Lipinski definition) is 5. The molecule has 0 atom stereocenters. The Bertz CT molecular complexity index is 987. The second-order valence-electron chi connectivity index (χ2n) is 6.08. The van der Waals surface area contributed by atoms with Gasteiger partial charge >= 0.3 is 5.97 Å². The molecule has 0 spiro atoms. The summed E-state index contributed by atoms with van der Waals surface area (Å²) in [5.74, 6) is -0.411. The molecule has 0 saturated carbocycles. The van der Waals surface area contributed by atoms with Gasteiger partial charge in [-0.05, 0) is 50.4 Å². The zero-order valence-electron chi connectivity index (χ0n) is 15.3. The van der Waals surface area contributed by atoms with Crippen molar-refractivity contribution >= 4 is 39.0 Å². The van der Waals surface area contributed by atoms with Crippen molar-refractivity contribution in [3.8, 4) is 0 Å². The lowest BCUT2D eigenvalue weighted by molar-refractivity contribution is -0.115. The highest BCUT2D eigenvalue weighted by Gasteiger charge is 2.15. The molecule has 7 heteroatoms. The Morgan fingerprint density at radius 3 is 2.69 bits per heavy atom. The van der Waals surface area contributed by atoms with Gasteiger partial charge in [0.25, 0.3) is 0 Å². The highest BCUT2D eigenvalue weighted by molar-refractivity contribution is 7.20. The molecular formula is C19H21N3O3S. The number of rotatable bonds is 5. The van der Waals surface area contributed by atoms with Crippen LogP contribution >= 0.6 is 11.3 Å². The van der Waals surface area contributed by atoms with E-state index < -0.39 is 0 Å². The summed E-state index contributed by atoms with van der Waals surface area (Å²) in [5, 5.41) is 8.17. The number of aryl methyl sites for hydroxylation is 2. The first kappa shape index (κ1) is 18.1. The molecule has 0 aliphatic heterocycles. The molecule has 1 N–H and O–H groups in total. The van der Waals surface area contributed by atoms with Crippen molar-refractivity contribution in [1.82, 2.24) is 9.78 Å². The van der Waals surface area contributed by atoms with Gasteiger partial charge < -0.3 is 10.1 Å². The summed E-state index contributed by atoms with van der Waals surface area (Å²) in [4.78, 5) is 24.8. The molecule has 0 radical (unpaired) electrons. The predicted molar refractivity (Wildman–Crippen MR) is 103 cm³/mol. The Hall–Kier alpha value is -2.67. The molecule has 0 fully saturated rings. The van der Waals surface area contributed by atoms with Gasteiger partial charge in [-0.1, -0.05) is 0 Å². The van der Waals surface area contributed by atoms with Gasteiger partial charge in [0.05, 0.1) is 18.7 Å². The van der Waals surface area contributed by atoms with E-state index in [0.717, 1.165) is 27.0 Å². The molecule has 136 valence electrons. The van der Waals surface area contributed by atoms with Crippen molar-refractivity contribution in [1.29, 1.82) is 0 Å². The SMILES string of the molecule is CCOC(=O)c1cc2cc(NC(=O)Cc3c(C)nn(C)c3C)ccc2s1. The number of esters is 1. The van der Waals surface area contributed by atoms with Crippen LogP contribution in [0.25, 0.3) is 10.1 Å². The third kappa shape index (κ3) is 3.62. The Morgan fingerprint density at radius 2 is 2.04 bits per heavy atom. The van der Waals surface area contributed by atoms with Crippen molar-refractivity contribution in [2.75, 3.05) is 11.9 Å². The fourth-order valence-electron chi connectivity index (χ4n) is 2.86. The quantitative estimate of drug-likeness (QED) is 0.696. The third-order valence-corrected chi connectivity index (χ3v) is 5.37. The van der Waals surface area contributed by atoms with E-state index in [2.05, 4.69) is 10.4 Å². The van der Waals surface area contributed by atoms with Crippen molar-refractivity contribution < 1.29 is 14.3 Å². The number of carbonyl (C=O) groups is 2. The van der Waals surface area contributed by atoms with Gasteiger partial charge in [-0.2, -0.15) is 5.10 Å². The molecular weight excluding hydrogens is 350 g/mol. The van der Waals surface area contributed by atoms with E-state index in [1.165, 1.54) is 11.3 Å². The maximum absolute atomic E-state index is 12.4. The molecule has 0 saturated heterocycles. The van der Waals surface area contributed by atoms with Crippen LogP contribution in [-0.2, 0) is 23.0 Å². The molecule has 2 heterocycles. The fraction of sp³-hybridized carbons (Fsp3) is 0.316. The van der Waals surface area contributed by atoms with Crippen LogP contribution in [0.15, 0.2) is 24.3 Å². The first-order valence-corrected chi connectivity index (χ1v) is 9.20. The number of thiophene rings is 1. The highest BCUT2D eigenvalue weighted by Crippen LogP contribution is 2.28. The Morgan fingerprint density at radius 1 is 1.27 bits per heavy atom. The molecule has 0 aliphatic rings. The lowest BCUT2D eigenvalue weighted by atomic mass is 10.1. The van der Waals surface area contributed by atoms with Gasteiger partial charge in [0.15, 0.2) is 0 Å². The van der Waals surface area contributed by atoms with Crippen LogP contribution in [-0.4, -0.2) is 28.3 Å². The lowest BCUT2D eigenvalue weighted by Crippen LogP contribution is -2.15. The Kier molecular flexibility index (Phi) is 5.08. The van der Waals surface area contributed by atoms with Gasteiger partial charge in [-0.25, -0.2) is 4.79 Å². The number of ether oxygens (including phenoxy) is 1. The number of fused-ring (bicyclic) bond motifs is 1. The Labute approximate surface area is 155 Å². The molecule has 0 unspecified atom stereocenters. The summed E-state index contributed by atoms with van der Waals surface area (Å²) >= 11 is 1.38. The topological polar surface area (TPSA) is 73.2 Å². The zero-order valence-corrected chi connectivity index (χ0v) is 16.1. The van der Waals surface area contributed by atoms with Crippen LogP contribution in [0.1, 0.15) is 33.5 Å². The van der Waals surface area contributed by atoms with E-state index in [-0.39, 0.29) is 18.3 Å². The normalized spacial score (nSPS) is 10.9. The number of aromatic nitrogens is 2. The largest absolute Gasteiger partial charge is 0.462 e. The molecule has 3 rings (SSSR count). The van der Waals surface area contributed by atoms with E-state index in [1.54, 1.807) is 17.7 Å². The van der Waals surface area contributed by atoms with Crippen LogP contribution < -0.4 is 5.32 Å². The minimum atomic E-state index is -0.318. The number of nitrogens with one attached hydrogen (secondary N) is 1. The van der Waals surface area contributed by atoms with Crippen molar-refractivity contribution in [2.24, 2.45) is 7.05 Å². The standard InChI is InChI=1S/C19H21N3O3S/c1-5-25-19(24)17-9-13-8-14(6-7-16(13)26-17)20-18(23)10-15-11(2)21-22(4)12(15)3/h6-9H,5,10H2,1-4H3,(H,20,23). The van der Waals surface area contributed by atoms with Crippen LogP contribution in [0.3, 0.4) is 0 Å². The molecule has 26 heavy (non-hydrogen) atoms. The third-order valence-electron chi connectivity index (χ3n) is 4.27. The molecule has 3 aromatic rings. The number of amides is 1. The number of carbonyl (C=O) groups excluding carboxylic acids is 2. The van der Waals surface area contributed by atoms with Crippen LogP contribution in [0.2, 0.25) is 0 Å². The van der Waals surface area contributed by atoms with Gasteiger partial charge in [-0.15, -0.1) is 11.3 Å². The second-order valence-corrected chi connectivity index (χ2v) is 7.17. The summed E-state index contributed by atoms with van der Waals surface area (Å²) in [7, 11) is 1.87. The molecule has 0 aliphatic carbocycles. The van der Waals surface area contributed by atoms with E-state index in [1.807, 2.05) is 39.1 Å². The summed E-state index contributed by atoms with van der Waals surface area (Å²) in [6, 6.07) is 7.41. The van der Waals surface area contributed by atoms with Crippen LogP contribution in [0.4, 0.5) is 5.69 Å². The predicted octanol–water partition coefficient (Wildman–Crippen LogP) is 3.61. The molecule has 0 bridgehead atoms. The number of benzene rings is 1.